The fourth-order valence-electron chi connectivity index (χ4n) is 7.94. The topological polar surface area (TPSA) is 17.8 Å². The summed E-state index contributed by atoms with van der Waals surface area (Å²) in [4.78, 5) is 5.48. The van der Waals surface area contributed by atoms with E-state index in [9.17, 15) is 0 Å². The second kappa shape index (κ2) is 11.8. The molecule has 0 radical (unpaired) electrons. The monoisotopic (exact) mass is 684 g/mol. The first-order chi connectivity index (χ1) is 23.2. The summed E-state index contributed by atoms with van der Waals surface area (Å²) in [6.45, 7) is 9.33. The Morgan fingerprint density at radius 1 is 0.521 bits per heavy atom. The zero-order valence-corrected chi connectivity index (χ0v) is 30.8. The van der Waals surface area contributed by atoms with Gasteiger partial charge in [0.2, 0.25) is 0 Å². The minimum atomic E-state index is -2.63. The molecule has 1 aliphatic heterocycles. The molecule has 3 heteroatoms. The molecule has 2 heterocycles. The van der Waals surface area contributed by atoms with E-state index in [1.165, 1.54) is 55.8 Å². The Kier molecular flexibility index (Phi) is 7.53. The number of imidazole rings is 1. The summed E-state index contributed by atoms with van der Waals surface area (Å²) in [6.07, 6.45) is 0. The van der Waals surface area contributed by atoms with Gasteiger partial charge in [0.25, 0.3) is 0 Å². The molecule has 6 aromatic carbocycles. The van der Waals surface area contributed by atoms with Crippen LogP contribution < -0.4 is 8.79 Å². The molecule has 1 aliphatic rings. The van der Waals surface area contributed by atoms with E-state index in [-0.39, 0.29) is 0 Å². The van der Waals surface area contributed by atoms with Crippen molar-refractivity contribution in [3.05, 3.63) is 145 Å². The minimum absolute atomic E-state index is 0.315. The van der Waals surface area contributed by atoms with Gasteiger partial charge in [-0.05, 0) is 5.56 Å². The van der Waals surface area contributed by atoms with Gasteiger partial charge in [0.15, 0.2) is 0 Å². The van der Waals surface area contributed by atoms with Gasteiger partial charge in [0, 0.05) is 0 Å². The van der Waals surface area contributed by atoms with E-state index in [4.69, 9.17) is 4.98 Å². The number of fused-ring (bicyclic) bond motifs is 4. The predicted octanol–water partition coefficient (Wildman–Crippen LogP) is 11.1. The summed E-state index contributed by atoms with van der Waals surface area (Å²) in [5, 5.41) is 0. The number of para-hydroxylation sites is 2. The van der Waals surface area contributed by atoms with Crippen molar-refractivity contribution in [2.75, 3.05) is 0 Å². The van der Waals surface area contributed by atoms with Crippen molar-refractivity contribution in [3.8, 4) is 50.5 Å². The molecule has 2 nitrogen and oxygen atoms in total. The Hall–Kier alpha value is -4.67. The molecule has 0 atom stereocenters. The molecule has 1 aromatic heterocycles. The molecule has 0 aliphatic carbocycles. The first-order valence-corrected chi connectivity index (χ1v) is 23.6. The zero-order chi connectivity index (χ0) is 33.2. The first-order valence-electron chi connectivity index (χ1n) is 17.3. The molecule has 7 aromatic rings. The number of hydrogen-bond acceptors (Lipinski definition) is 1. The predicted molar refractivity (Wildman–Crippen MR) is 208 cm³/mol. The van der Waals surface area contributed by atoms with Gasteiger partial charge in [-0.15, -0.1) is 0 Å². The molecule has 0 amide bonds. The maximum absolute atomic E-state index is 5.48. The van der Waals surface area contributed by atoms with E-state index in [0.29, 0.717) is 11.8 Å². The quantitative estimate of drug-likeness (QED) is 0.160. The van der Waals surface area contributed by atoms with Gasteiger partial charge in [0.1, 0.15) is 0 Å². The number of rotatable bonds is 6. The molecular weight excluding hydrogens is 641 g/mol. The Morgan fingerprint density at radius 3 is 1.75 bits per heavy atom. The van der Waals surface area contributed by atoms with Crippen molar-refractivity contribution in [1.29, 1.82) is 0 Å². The second-order valence-corrected chi connectivity index (χ2v) is 23.4. The molecule has 8 rings (SSSR count). The third-order valence-corrected chi connectivity index (χ3v) is 17.8. The molecule has 0 saturated carbocycles. The van der Waals surface area contributed by atoms with Crippen molar-refractivity contribution >= 4 is 33.1 Å². The fourth-order valence-corrected chi connectivity index (χ4v) is 15.1. The number of nitrogens with zero attached hydrogens (tertiary/aromatic N) is 2. The van der Waals surface area contributed by atoms with E-state index in [2.05, 4.69) is 177 Å². The number of aromatic nitrogens is 2. The van der Waals surface area contributed by atoms with Gasteiger partial charge in [0.05, 0.1) is 0 Å². The molecule has 0 fully saturated rings. The number of hydrogen-bond donors (Lipinski definition) is 0. The van der Waals surface area contributed by atoms with Crippen molar-refractivity contribution in [2.45, 2.75) is 51.0 Å². The Bertz CT molecular complexity index is 2280. The van der Waals surface area contributed by atoms with E-state index in [1.807, 2.05) is 0 Å². The van der Waals surface area contributed by atoms with Crippen molar-refractivity contribution in [2.24, 2.45) is 0 Å². The summed E-state index contributed by atoms with van der Waals surface area (Å²) >= 11 is -2.63. The van der Waals surface area contributed by atoms with Crippen LogP contribution in [-0.2, 0) is 0 Å². The van der Waals surface area contributed by atoms with E-state index >= 15 is 0 Å². The van der Waals surface area contributed by atoms with Crippen LogP contribution in [0.3, 0.4) is 0 Å². The second-order valence-electron chi connectivity index (χ2n) is 14.4. The molecule has 0 bridgehead atoms. The van der Waals surface area contributed by atoms with Crippen molar-refractivity contribution in [1.82, 2.24) is 9.55 Å². The first kappa shape index (κ1) is 30.7. The standard InChI is InChI=1S/C45H42GeN2/c1-29(2)38-27-34(33-25-23-32(24-26-33)31-15-8-7-9-16-31)28-39(30(3)4)44(38)48-42-22-13-12-21-41(42)47-45(48)37-19-14-18-36-35-17-10-11-20-40(35)46(5,6)43(36)37/h7-30H,1-6H3. The van der Waals surface area contributed by atoms with Crippen LogP contribution in [0.15, 0.2) is 133 Å². The normalized spacial score (nSPS) is 13.3. The van der Waals surface area contributed by atoms with Crippen LogP contribution in [0.1, 0.15) is 50.7 Å². The average Bonchev–Trinajstić information content (AvgIpc) is 3.61. The molecular formula is C45H42GeN2. The SMILES string of the molecule is CC(C)c1cc(-c2ccc(-c3ccccc3)cc2)cc(C(C)C)c1-n1c(-c2cccc3[c]2[Ge]([CH3])([CH3])[c]2ccccc2-3)nc2ccccc21. The van der Waals surface area contributed by atoms with Crippen LogP contribution in [0.25, 0.3) is 61.5 Å². The van der Waals surface area contributed by atoms with E-state index < -0.39 is 13.3 Å². The summed E-state index contributed by atoms with van der Waals surface area (Å²) in [7, 11) is 0. The van der Waals surface area contributed by atoms with Gasteiger partial charge in [-0.2, -0.15) is 0 Å². The van der Waals surface area contributed by atoms with Crippen molar-refractivity contribution in [3.63, 3.8) is 0 Å². The molecule has 236 valence electrons. The molecule has 48 heavy (non-hydrogen) atoms. The molecule has 0 N–H and O–H groups in total. The van der Waals surface area contributed by atoms with Crippen LogP contribution >= 0.6 is 0 Å². The summed E-state index contributed by atoms with van der Waals surface area (Å²) < 4.78 is 5.62. The van der Waals surface area contributed by atoms with Gasteiger partial charge in [-0.25, -0.2) is 0 Å². The van der Waals surface area contributed by atoms with Gasteiger partial charge in [-0.1, -0.05) is 30.3 Å². The van der Waals surface area contributed by atoms with Crippen molar-refractivity contribution < 1.29 is 0 Å². The van der Waals surface area contributed by atoms with Crippen LogP contribution in [-0.4, -0.2) is 22.8 Å². The average molecular weight is 683 g/mol. The van der Waals surface area contributed by atoms with Crippen LogP contribution in [0.4, 0.5) is 0 Å². The van der Waals surface area contributed by atoms with E-state index in [1.54, 1.807) is 8.79 Å². The van der Waals surface area contributed by atoms with Crippen LogP contribution in [0.5, 0.6) is 0 Å². The summed E-state index contributed by atoms with van der Waals surface area (Å²) in [5.41, 5.74) is 15.3. The van der Waals surface area contributed by atoms with Gasteiger partial charge in [-0.3, -0.25) is 0 Å². The third kappa shape index (κ3) is 4.88. The van der Waals surface area contributed by atoms with Gasteiger partial charge >= 0.3 is 253 Å². The van der Waals surface area contributed by atoms with Crippen LogP contribution in [0, 0.1) is 0 Å². The Labute approximate surface area is 287 Å². The zero-order valence-electron chi connectivity index (χ0n) is 28.8. The molecule has 0 unspecified atom stereocenters. The third-order valence-electron chi connectivity index (χ3n) is 10.3. The van der Waals surface area contributed by atoms with E-state index in [0.717, 1.165) is 16.9 Å². The fraction of sp³-hybridized carbons (Fsp3) is 0.178. The molecule has 0 saturated heterocycles. The Morgan fingerprint density at radius 2 is 1.06 bits per heavy atom. The van der Waals surface area contributed by atoms with Gasteiger partial charge < -0.3 is 0 Å². The Balaban J connectivity index is 1.37. The van der Waals surface area contributed by atoms with Crippen LogP contribution in [0.2, 0.25) is 11.5 Å². The maximum atomic E-state index is 5.48. The summed E-state index contributed by atoms with van der Waals surface area (Å²) in [5.74, 6) is 6.80. The summed E-state index contributed by atoms with van der Waals surface area (Å²) in [6, 6.07) is 49.3. The number of benzene rings is 6. The molecule has 0 spiro atoms.